The maximum atomic E-state index is 13.5. The zero-order valence-corrected chi connectivity index (χ0v) is 19.8. The van der Waals surface area contributed by atoms with Crippen molar-refractivity contribution in [2.45, 2.75) is 29.4 Å². The largest absolute Gasteiger partial charge is 0.481 e. The molecule has 0 aliphatic carbocycles. The number of carboxylic acid groups (broad SMARTS) is 1. The second-order valence-electron chi connectivity index (χ2n) is 8.01. The fourth-order valence-corrected chi connectivity index (χ4v) is 5.27. The smallest absolute Gasteiger partial charge is 0.304 e. The van der Waals surface area contributed by atoms with Gasteiger partial charge in [-0.1, -0.05) is 18.2 Å². The number of benzene rings is 2. The first-order chi connectivity index (χ1) is 17.0. The third-order valence-corrected chi connectivity index (χ3v) is 7.24. The summed E-state index contributed by atoms with van der Waals surface area (Å²) in [6.07, 6.45) is 6.98. The molecule has 9 heteroatoms. The summed E-state index contributed by atoms with van der Waals surface area (Å²) in [4.78, 5) is 28.8. The number of carbonyl (C=O) groups excluding carboxylic acids is 1. The number of nitrogens with one attached hydrogen (secondary N) is 3. The third-order valence-electron chi connectivity index (χ3n) is 5.50. The van der Waals surface area contributed by atoms with Gasteiger partial charge >= 0.3 is 5.97 Å². The fraction of sp³-hybridized carbons (Fsp3) is 0.192. The van der Waals surface area contributed by atoms with E-state index in [1.54, 1.807) is 54.7 Å². The maximum Gasteiger partial charge on any atom is 0.304 e. The minimum Gasteiger partial charge on any atom is -0.481 e. The number of hydrogen-bond donors (Lipinski definition) is 4. The van der Waals surface area contributed by atoms with Crippen molar-refractivity contribution in [2.24, 2.45) is 0 Å². The summed E-state index contributed by atoms with van der Waals surface area (Å²) in [7, 11) is -1.74. The van der Waals surface area contributed by atoms with Crippen molar-refractivity contribution in [1.82, 2.24) is 10.3 Å². The van der Waals surface area contributed by atoms with E-state index in [4.69, 9.17) is 0 Å². The number of carbonyl (C=O) groups is 2. The maximum absolute atomic E-state index is 13.5. The lowest BCUT2D eigenvalue weighted by atomic mass is 10.1. The lowest BCUT2D eigenvalue weighted by molar-refractivity contribution is -0.137. The second-order valence-corrected chi connectivity index (χ2v) is 9.61. The Hall–Kier alpha value is -3.98. The normalized spacial score (nSPS) is 14.7. The Bertz CT molecular complexity index is 1250. The van der Waals surface area contributed by atoms with Crippen LogP contribution < -0.4 is 16.0 Å². The molecule has 0 fully saturated rings. The van der Waals surface area contributed by atoms with Crippen molar-refractivity contribution in [3.05, 3.63) is 96.1 Å². The van der Waals surface area contributed by atoms with Gasteiger partial charge in [-0.3, -0.25) is 18.8 Å². The molecule has 2 heterocycles. The van der Waals surface area contributed by atoms with Gasteiger partial charge in [0.15, 0.2) is 0 Å². The first kappa shape index (κ1) is 24.2. The zero-order chi connectivity index (χ0) is 24.6. The summed E-state index contributed by atoms with van der Waals surface area (Å²) < 4.78 is 13.5. The van der Waals surface area contributed by atoms with Gasteiger partial charge in [0, 0.05) is 30.2 Å². The minimum absolute atomic E-state index is 0.333. The van der Waals surface area contributed by atoms with Crippen molar-refractivity contribution in [3.63, 3.8) is 0 Å². The van der Waals surface area contributed by atoms with Crippen LogP contribution >= 0.6 is 0 Å². The first-order valence-corrected chi connectivity index (χ1v) is 12.5. The highest BCUT2D eigenvalue weighted by Gasteiger charge is 2.26. The number of aliphatic carboxylic acids is 1. The highest BCUT2D eigenvalue weighted by atomic mass is 32.2. The van der Waals surface area contributed by atoms with Crippen LogP contribution in [0.5, 0.6) is 0 Å². The molecule has 2 unspecified atom stereocenters. The average molecular weight is 491 g/mol. The Morgan fingerprint density at radius 1 is 1.09 bits per heavy atom. The standard InChI is InChI=1S/C26H26N4O4S/c31-25(32)16-23(19-6-5-14-27-17-19)35(34)22-8-2-1-7-21(22)30-26(33)18-10-12-20(13-11-18)29-24-9-3-4-15-28-24/h1-2,5-14,17,23,28-29H,3-4,15-16H2,(H,30,33)(H,31,32). The molecule has 0 bridgehead atoms. The van der Waals surface area contributed by atoms with Crippen molar-refractivity contribution >= 4 is 34.1 Å². The Morgan fingerprint density at radius 3 is 2.57 bits per heavy atom. The van der Waals surface area contributed by atoms with Crippen molar-refractivity contribution in [3.8, 4) is 0 Å². The SMILES string of the molecule is O=C(O)CC(c1cccnc1)S(=O)c1ccccc1NC(=O)c1ccc(NC2=CCCCN2)cc1. The summed E-state index contributed by atoms with van der Waals surface area (Å²) in [5.74, 6) is -0.469. The summed E-state index contributed by atoms with van der Waals surface area (Å²) >= 11 is 0. The van der Waals surface area contributed by atoms with E-state index < -0.39 is 22.0 Å². The van der Waals surface area contributed by atoms with Crippen LogP contribution in [-0.4, -0.2) is 32.7 Å². The number of anilines is 2. The molecule has 1 aromatic heterocycles. The number of allylic oxidation sites excluding steroid dienone is 1. The van der Waals surface area contributed by atoms with Crippen LogP contribution in [0.15, 0.2) is 89.8 Å². The quantitative estimate of drug-likeness (QED) is 0.353. The van der Waals surface area contributed by atoms with Gasteiger partial charge in [0.05, 0.1) is 38.9 Å². The molecule has 4 rings (SSSR count). The Morgan fingerprint density at radius 2 is 1.89 bits per heavy atom. The van der Waals surface area contributed by atoms with Crippen LogP contribution in [0, 0.1) is 0 Å². The van der Waals surface area contributed by atoms with E-state index in [9.17, 15) is 18.9 Å². The number of nitrogens with zero attached hydrogens (tertiary/aromatic N) is 1. The molecule has 1 amide bonds. The van der Waals surface area contributed by atoms with Crippen LogP contribution in [-0.2, 0) is 15.6 Å². The lowest BCUT2D eigenvalue weighted by Gasteiger charge is -2.18. The Labute approximate surface area is 205 Å². The van der Waals surface area contributed by atoms with Crippen LogP contribution in [0.2, 0.25) is 0 Å². The van der Waals surface area contributed by atoms with Crippen molar-refractivity contribution in [1.29, 1.82) is 0 Å². The van der Waals surface area contributed by atoms with Gasteiger partial charge in [0.25, 0.3) is 5.91 Å². The molecule has 35 heavy (non-hydrogen) atoms. The molecule has 0 saturated carbocycles. The Balaban J connectivity index is 1.51. The molecular formula is C26H26N4O4S. The van der Waals surface area contributed by atoms with E-state index in [0.29, 0.717) is 21.7 Å². The lowest BCUT2D eigenvalue weighted by Crippen LogP contribution is -2.23. The van der Waals surface area contributed by atoms with Crippen LogP contribution in [0.25, 0.3) is 0 Å². The second kappa shape index (κ2) is 11.4. The molecule has 0 saturated heterocycles. The van der Waals surface area contributed by atoms with Gasteiger partial charge in [-0.25, -0.2) is 0 Å². The van der Waals surface area contributed by atoms with Gasteiger partial charge in [0.1, 0.15) is 0 Å². The number of aromatic nitrogens is 1. The number of carboxylic acids is 1. The summed E-state index contributed by atoms with van der Waals surface area (Å²) in [5, 5.41) is 18.0. The van der Waals surface area contributed by atoms with E-state index in [1.165, 1.54) is 6.20 Å². The monoisotopic (exact) mass is 490 g/mol. The fourth-order valence-electron chi connectivity index (χ4n) is 3.73. The molecule has 8 nitrogen and oxygen atoms in total. The Kier molecular flexibility index (Phi) is 7.89. The molecule has 3 aromatic rings. The van der Waals surface area contributed by atoms with E-state index in [-0.39, 0.29) is 12.3 Å². The predicted octanol–water partition coefficient (Wildman–Crippen LogP) is 4.29. The predicted molar refractivity (Wildman–Crippen MR) is 135 cm³/mol. The molecule has 0 radical (unpaired) electrons. The highest BCUT2D eigenvalue weighted by molar-refractivity contribution is 7.85. The molecule has 4 N–H and O–H groups in total. The number of rotatable bonds is 9. The van der Waals surface area contributed by atoms with Crippen LogP contribution in [0.1, 0.15) is 40.4 Å². The van der Waals surface area contributed by atoms with Crippen molar-refractivity contribution in [2.75, 3.05) is 17.2 Å². The molecular weight excluding hydrogens is 464 g/mol. The average Bonchev–Trinajstić information content (AvgIpc) is 2.88. The number of pyridine rings is 1. The zero-order valence-electron chi connectivity index (χ0n) is 18.9. The molecule has 1 aliphatic rings. The van der Waals surface area contributed by atoms with E-state index in [1.807, 2.05) is 12.1 Å². The van der Waals surface area contributed by atoms with E-state index in [2.05, 4.69) is 27.0 Å². The van der Waals surface area contributed by atoms with Crippen molar-refractivity contribution < 1.29 is 18.9 Å². The molecule has 180 valence electrons. The van der Waals surface area contributed by atoms with Gasteiger partial charge in [-0.2, -0.15) is 0 Å². The number of para-hydroxylation sites is 1. The molecule has 1 aliphatic heterocycles. The molecule has 2 atom stereocenters. The van der Waals surface area contributed by atoms with Gasteiger partial charge < -0.3 is 21.1 Å². The number of hydrogen-bond acceptors (Lipinski definition) is 6. The van der Waals surface area contributed by atoms with Gasteiger partial charge in [0.2, 0.25) is 0 Å². The topological polar surface area (TPSA) is 120 Å². The summed E-state index contributed by atoms with van der Waals surface area (Å²) in [6.45, 7) is 0.925. The van der Waals surface area contributed by atoms with Crippen LogP contribution in [0.3, 0.4) is 0 Å². The van der Waals surface area contributed by atoms with Gasteiger partial charge in [-0.05, 0) is 66.9 Å². The third kappa shape index (κ3) is 6.33. The van der Waals surface area contributed by atoms with E-state index >= 15 is 0 Å². The van der Waals surface area contributed by atoms with Gasteiger partial charge in [-0.15, -0.1) is 0 Å². The summed E-state index contributed by atoms with van der Waals surface area (Å²) in [5.41, 5.74) is 2.22. The van der Waals surface area contributed by atoms with E-state index in [0.717, 1.165) is 30.9 Å². The summed E-state index contributed by atoms with van der Waals surface area (Å²) in [6, 6.07) is 17.2. The molecule has 0 spiro atoms. The first-order valence-electron chi connectivity index (χ1n) is 11.2. The minimum atomic E-state index is -1.74. The van der Waals surface area contributed by atoms with Crippen LogP contribution in [0.4, 0.5) is 11.4 Å². The highest BCUT2D eigenvalue weighted by Crippen LogP contribution is 2.32. The molecule has 2 aromatic carbocycles. The number of amides is 1.